The topological polar surface area (TPSA) is 85.3 Å². The molecule has 0 amide bonds. The summed E-state index contributed by atoms with van der Waals surface area (Å²) in [5.74, 6) is -1.64. The summed E-state index contributed by atoms with van der Waals surface area (Å²) in [6, 6.07) is 3.21. The van der Waals surface area contributed by atoms with Crippen LogP contribution in [0.5, 0.6) is 0 Å². The van der Waals surface area contributed by atoms with E-state index in [4.69, 9.17) is 5.73 Å². The second kappa shape index (κ2) is 4.89. The van der Waals surface area contributed by atoms with Crippen LogP contribution in [0.4, 0.5) is 4.39 Å². The van der Waals surface area contributed by atoms with Crippen LogP contribution in [0.15, 0.2) is 23.1 Å². The molecule has 0 unspecified atom stereocenters. The van der Waals surface area contributed by atoms with Gasteiger partial charge in [0.1, 0.15) is 11.4 Å². The zero-order valence-corrected chi connectivity index (χ0v) is 12.5. The number of nitrogens with two attached hydrogens (primary N) is 1. The third-order valence-corrected chi connectivity index (χ3v) is 4.94. The molecule has 2 aliphatic rings. The number of aromatic carboxylic acids is 1. The van der Waals surface area contributed by atoms with E-state index in [0.717, 1.165) is 25.7 Å². The van der Waals surface area contributed by atoms with Crippen LogP contribution in [0, 0.1) is 5.82 Å². The minimum atomic E-state index is -1.28. The Kier molecular flexibility index (Phi) is 3.06. The van der Waals surface area contributed by atoms with Gasteiger partial charge in [0.15, 0.2) is 0 Å². The maximum atomic E-state index is 14.4. The minimum absolute atomic E-state index is 0.0799. The Balaban J connectivity index is 1.96. The van der Waals surface area contributed by atoms with Crippen LogP contribution in [0.25, 0.3) is 10.9 Å². The van der Waals surface area contributed by atoms with Gasteiger partial charge in [-0.15, -0.1) is 0 Å². The molecule has 0 radical (unpaired) electrons. The second-order valence-electron chi connectivity index (χ2n) is 6.63. The molecule has 0 spiro atoms. The molecule has 0 atom stereocenters. The zero-order chi connectivity index (χ0) is 16.3. The molecular weight excluding hydrogens is 299 g/mol. The van der Waals surface area contributed by atoms with Crippen LogP contribution in [0.1, 0.15) is 53.6 Å². The average molecular weight is 316 g/mol. The number of hydrogen-bond acceptors (Lipinski definition) is 3. The number of carboxylic acids is 1. The molecule has 2 fully saturated rings. The van der Waals surface area contributed by atoms with Gasteiger partial charge in [-0.2, -0.15) is 0 Å². The summed E-state index contributed by atoms with van der Waals surface area (Å²) in [7, 11) is 0. The van der Waals surface area contributed by atoms with Crippen LogP contribution < -0.4 is 11.2 Å². The predicted octanol–water partition coefficient (Wildman–Crippen LogP) is 2.38. The van der Waals surface area contributed by atoms with Crippen LogP contribution >= 0.6 is 0 Å². The third kappa shape index (κ3) is 2.25. The van der Waals surface area contributed by atoms with E-state index in [1.54, 1.807) is 6.07 Å². The highest BCUT2D eigenvalue weighted by molar-refractivity contribution is 5.92. The minimum Gasteiger partial charge on any atom is -0.477 e. The maximum Gasteiger partial charge on any atom is 0.341 e. The van der Waals surface area contributed by atoms with Gasteiger partial charge in [-0.3, -0.25) is 4.79 Å². The fourth-order valence-corrected chi connectivity index (χ4v) is 3.42. The first-order chi connectivity index (χ1) is 11.0. The van der Waals surface area contributed by atoms with Crippen LogP contribution in [0.2, 0.25) is 0 Å². The molecule has 5 nitrogen and oxygen atoms in total. The van der Waals surface area contributed by atoms with Gasteiger partial charge in [0.25, 0.3) is 0 Å². The fourth-order valence-electron chi connectivity index (χ4n) is 3.42. The Hall–Kier alpha value is -2.21. The Bertz CT molecular complexity index is 880. The first kappa shape index (κ1) is 14.4. The van der Waals surface area contributed by atoms with E-state index >= 15 is 0 Å². The number of nitrogens with zero attached hydrogens (tertiary/aromatic N) is 1. The van der Waals surface area contributed by atoms with E-state index in [1.165, 1.54) is 12.3 Å². The average Bonchev–Trinajstić information content (AvgIpc) is 3.29. The van der Waals surface area contributed by atoms with Gasteiger partial charge >= 0.3 is 5.97 Å². The standard InChI is InChI=1S/C17H17FN2O3/c18-14-5-12-15(6-11(14)8-3-9(19)4-8)20(10-1-2-10)7-13(16(12)21)17(22)23/h5-10H,1-4,19H2,(H,22,23). The fraction of sp³-hybridized carbons (Fsp3) is 0.412. The van der Waals surface area contributed by atoms with Crippen molar-refractivity contribution < 1.29 is 14.3 Å². The number of halogens is 1. The van der Waals surface area contributed by atoms with E-state index in [2.05, 4.69) is 0 Å². The molecule has 1 aromatic heterocycles. The van der Waals surface area contributed by atoms with Gasteiger partial charge in [0.05, 0.1) is 5.52 Å². The third-order valence-electron chi connectivity index (χ3n) is 4.94. The van der Waals surface area contributed by atoms with Crippen molar-refractivity contribution in [2.45, 2.75) is 43.7 Å². The van der Waals surface area contributed by atoms with E-state index < -0.39 is 17.2 Å². The van der Waals surface area contributed by atoms with Gasteiger partial charge in [-0.1, -0.05) is 0 Å². The highest BCUT2D eigenvalue weighted by Crippen LogP contribution is 2.40. The highest BCUT2D eigenvalue weighted by atomic mass is 19.1. The number of fused-ring (bicyclic) bond motifs is 1. The Morgan fingerprint density at radius 1 is 1.30 bits per heavy atom. The summed E-state index contributed by atoms with van der Waals surface area (Å²) >= 11 is 0. The smallest absolute Gasteiger partial charge is 0.341 e. The van der Waals surface area contributed by atoms with Crippen molar-refractivity contribution in [1.29, 1.82) is 0 Å². The van der Waals surface area contributed by atoms with Crippen molar-refractivity contribution in [2.75, 3.05) is 0 Å². The number of carboxylic acid groups (broad SMARTS) is 1. The van der Waals surface area contributed by atoms with Gasteiger partial charge in [0, 0.05) is 23.7 Å². The van der Waals surface area contributed by atoms with Gasteiger partial charge in [-0.25, -0.2) is 9.18 Å². The summed E-state index contributed by atoms with van der Waals surface area (Å²) in [5.41, 5.74) is 6.07. The second-order valence-corrected chi connectivity index (χ2v) is 6.63. The summed E-state index contributed by atoms with van der Waals surface area (Å²) in [6.45, 7) is 0. The summed E-state index contributed by atoms with van der Waals surface area (Å²) in [4.78, 5) is 23.6. The largest absolute Gasteiger partial charge is 0.477 e. The lowest BCUT2D eigenvalue weighted by molar-refractivity contribution is 0.0695. The molecule has 4 rings (SSSR count). The number of rotatable bonds is 3. The summed E-state index contributed by atoms with van der Waals surface area (Å²) in [5, 5.41) is 9.36. The molecule has 23 heavy (non-hydrogen) atoms. The van der Waals surface area contributed by atoms with Gasteiger partial charge in [-0.05, 0) is 49.3 Å². The first-order valence-electron chi connectivity index (χ1n) is 7.83. The number of benzene rings is 1. The van der Waals surface area contributed by atoms with Crippen molar-refractivity contribution in [2.24, 2.45) is 5.73 Å². The Labute approximate surface area is 131 Å². The molecule has 6 heteroatoms. The van der Waals surface area contributed by atoms with E-state index in [1.807, 2.05) is 4.57 Å². The summed E-state index contributed by atoms with van der Waals surface area (Å²) in [6.07, 6.45) is 4.77. The maximum absolute atomic E-state index is 14.4. The molecule has 1 aromatic carbocycles. The van der Waals surface area contributed by atoms with Gasteiger partial charge in [0.2, 0.25) is 5.43 Å². The van der Waals surface area contributed by atoms with E-state index in [0.29, 0.717) is 11.1 Å². The van der Waals surface area contributed by atoms with Gasteiger partial charge < -0.3 is 15.4 Å². The SMILES string of the molecule is NC1CC(c2cc3c(cc2F)c(=O)c(C(=O)O)cn3C2CC2)C1. The predicted molar refractivity (Wildman–Crippen MR) is 83.3 cm³/mol. The lowest BCUT2D eigenvalue weighted by atomic mass is 9.76. The normalized spacial score (nSPS) is 23.7. The molecule has 2 aromatic rings. The molecule has 120 valence electrons. The van der Waals surface area contributed by atoms with Crippen LogP contribution in [-0.4, -0.2) is 21.7 Å². The quantitative estimate of drug-likeness (QED) is 0.910. The van der Waals surface area contributed by atoms with E-state index in [-0.39, 0.29) is 29.0 Å². The molecule has 0 saturated heterocycles. The number of pyridine rings is 1. The molecular formula is C17H17FN2O3. The zero-order valence-electron chi connectivity index (χ0n) is 12.5. The van der Waals surface area contributed by atoms with Crippen molar-refractivity contribution in [3.8, 4) is 0 Å². The van der Waals surface area contributed by atoms with Crippen molar-refractivity contribution in [3.05, 3.63) is 45.5 Å². The van der Waals surface area contributed by atoms with Crippen LogP contribution in [-0.2, 0) is 0 Å². The van der Waals surface area contributed by atoms with E-state index in [9.17, 15) is 19.1 Å². The van der Waals surface area contributed by atoms with Crippen molar-refractivity contribution >= 4 is 16.9 Å². The molecule has 2 aliphatic carbocycles. The Morgan fingerprint density at radius 2 is 2.00 bits per heavy atom. The summed E-state index contributed by atoms with van der Waals surface area (Å²) < 4.78 is 16.3. The molecule has 3 N–H and O–H groups in total. The molecule has 0 aliphatic heterocycles. The lowest BCUT2D eigenvalue weighted by Gasteiger charge is -2.33. The number of carbonyl (C=O) groups is 1. The number of aromatic nitrogens is 1. The Morgan fingerprint density at radius 3 is 2.57 bits per heavy atom. The first-order valence-corrected chi connectivity index (χ1v) is 7.83. The molecule has 2 saturated carbocycles. The van der Waals surface area contributed by atoms with Crippen LogP contribution in [0.3, 0.4) is 0 Å². The monoisotopic (exact) mass is 316 g/mol. The highest BCUT2D eigenvalue weighted by Gasteiger charge is 2.32. The molecule has 1 heterocycles. The lowest BCUT2D eigenvalue weighted by Crippen LogP contribution is -2.35. The molecule has 0 bridgehead atoms. The van der Waals surface area contributed by atoms with Crippen molar-refractivity contribution in [3.63, 3.8) is 0 Å². The van der Waals surface area contributed by atoms with Crippen molar-refractivity contribution in [1.82, 2.24) is 4.57 Å². The number of hydrogen-bond donors (Lipinski definition) is 2.